The highest BCUT2D eigenvalue weighted by Gasteiger charge is 2.19. The number of aliphatic hydroxyl groups is 1. The van der Waals surface area contributed by atoms with Crippen molar-refractivity contribution in [3.05, 3.63) is 16.2 Å². The van der Waals surface area contributed by atoms with Crippen molar-refractivity contribution in [3.8, 4) is 0 Å². The lowest BCUT2D eigenvalue weighted by Crippen LogP contribution is -2.32. The van der Waals surface area contributed by atoms with Gasteiger partial charge in [-0.05, 0) is 24.1 Å². The fourth-order valence-corrected chi connectivity index (χ4v) is 3.09. The van der Waals surface area contributed by atoms with Crippen LogP contribution in [-0.2, 0) is 6.42 Å². The highest BCUT2D eigenvalue weighted by molar-refractivity contribution is 7.18. The number of halogens is 3. The van der Waals surface area contributed by atoms with Crippen LogP contribution in [0.4, 0.5) is 14.6 Å². The van der Waals surface area contributed by atoms with Crippen LogP contribution in [0.25, 0.3) is 10.2 Å². The van der Waals surface area contributed by atoms with E-state index in [9.17, 15) is 8.78 Å². The fourth-order valence-electron chi connectivity index (χ4n) is 1.92. The van der Waals surface area contributed by atoms with Crippen molar-refractivity contribution in [2.45, 2.75) is 19.8 Å². The highest BCUT2D eigenvalue weighted by atomic mass is 35.5. The van der Waals surface area contributed by atoms with Crippen LogP contribution in [0.1, 0.15) is 11.8 Å². The van der Waals surface area contributed by atoms with Crippen LogP contribution in [0.2, 0.25) is 5.28 Å². The molecule has 0 bridgehead atoms. The molecule has 0 aliphatic rings. The van der Waals surface area contributed by atoms with Gasteiger partial charge in [0, 0.05) is 11.4 Å². The zero-order valence-corrected chi connectivity index (χ0v) is 12.4. The lowest BCUT2D eigenvalue weighted by molar-refractivity contribution is 0.152. The average Bonchev–Trinajstić information content (AvgIpc) is 2.79. The number of anilines is 1. The minimum absolute atomic E-state index is 0.0224. The predicted octanol–water partition coefficient (Wildman–Crippen LogP) is 2.97. The second-order valence-corrected chi connectivity index (χ2v) is 5.62. The first-order valence-electron chi connectivity index (χ1n) is 6.15. The van der Waals surface area contributed by atoms with Crippen molar-refractivity contribution < 1.29 is 13.9 Å². The quantitative estimate of drug-likeness (QED) is 0.831. The maximum absolute atomic E-state index is 12.7. The van der Waals surface area contributed by atoms with Crippen molar-refractivity contribution in [2.75, 3.05) is 24.6 Å². The fraction of sp³-hybridized carbons (Fsp3) is 0.500. The SMILES string of the molecule is CCc1cc2c(N(CCO)CC(F)F)nc(Cl)nc2s1. The number of hydrogen-bond acceptors (Lipinski definition) is 5. The van der Waals surface area contributed by atoms with Crippen LogP contribution in [0, 0.1) is 0 Å². The smallest absolute Gasteiger partial charge is 0.255 e. The monoisotopic (exact) mass is 321 g/mol. The van der Waals surface area contributed by atoms with Crippen LogP contribution in [0.15, 0.2) is 6.07 Å². The summed E-state index contributed by atoms with van der Waals surface area (Å²) in [5.41, 5.74) is 0. The molecule has 0 amide bonds. The molecule has 0 fully saturated rings. The number of hydrogen-bond donors (Lipinski definition) is 1. The summed E-state index contributed by atoms with van der Waals surface area (Å²) in [4.78, 5) is 11.3. The molecule has 0 spiro atoms. The third kappa shape index (κ3) is 3.34. The van der Waals surface area contributed by atoms with Crippen LogP contribution in [-0.4, -0.2) is 41.2 Å². The molecule has 4 nitrogen and oxygen atoms in total. The minimum atomic E-state index is -2.52. The zero-order valence-electron chi connectivity index (χ0n) is 10.8. The summed E-state index contributed by atoms with van der Waals surface area (Å²) >= 11 is 7.33. The standard InChI is InChI=1S/C12H14ClF2N3OS/c1-2-7-5-8-10(16-12(13)17-11(8)20-7)18(3-4-19)6-9(14)15/h5,9,19H,2-4,6H2,1H3. The van der Waals surface area contributed by atoms with Gasteiger partial charge in [-0.25, -0.2) is 13.8 Å². The molecule has 0 radical (unpaired) electrons. The van der Waals surface area contributed by atoms with Crippen LogP contribution >= 0.6 is 22.9 Å². The number of nitrogens with zero attached hydrogens (tertiary/aromatic N) is 3. The Kier molecular flexibility index (Phi) is 5.06. The molecule has 2 heterocycles. The van der Waals surface area contributed by atoms with Gasteiger partial charge < -0.3 is 10.0 Å². The lowest BCUT2D eigenvalue weighted by atomic mass is 10.3. The molecule has 0 aromatic carbocycles. The van der Waals surface area contributed by atoms with Gasteiger partial charge in [-0.1, -0.05) is 6.92 Å². The molecule has 110 valence electrons. The third-order valence-electron chi connectivity index (χ3n) is 2.77. The van der Waals surface area contributed by atoms with Crippen LogP contribution in [0.3, 0.4) is 0 Å². The third-order valence-corrected chi connectivity index (χ3v) is 4.11. The van der Waals surface area contributed by atoms with E-state index in [1.165, 1.54) is 16.2 Å². The topological polar surface area (TPSA) is 49.2 Å². The first kappa shape index (κ1) is 15.3. The first-order valence-corrected chi connectivity index (χ1v) is 7.34. The molecule has 20 heavy (non-hydrogen) atoms. The Morgan fingerprint density at radius 1 is 1.45 bits per heavy atom. The molecule has 0 unspecified atom stereocenters. The van der Waals surface area contributed by atoms with Crippen molar-refractivity contribution in [1.82, 2.24) is 9.97 Å². The number of aromatic nitrogens is 2. The summed E-state index contributed by atoms with van der Waals surface area (Å²) in [6, 6.07) is 1.89. The number of fused-ring (bicyclic) bond motifs is 1. The van der Waals surface area contributed by atoms with Gasteiger partial charge >= 0.3 is 0 Å². The molecule has 0 aliphatic heterocycles. The van der Waals surface area contributed by atoms with E-state index < -0.39 is 13.0 Å². The Balaban J connectivity index is 2.51. The van der Waals surface area contributed by atoms with Crippen molar-refractivity contribution in [3.63, 3.8) is 0 Å². The summed E-state index contributed by atoms with van der Waals surface area (Å²) in [6.07, 6.45) is -1.69. The molecule has 8 heteroatoms. The van der Waals surface area contributed by atoms with E-state index in [1.807, 2.05) is 13.0 Å². The molecule has 2 aromatic heterocycles. The summed E-state index contributed by atoms with van der Waals surface area (Å²) < 4.78 is 25.3. The van der Waals surface area contributed by atoms with E-state index in [4.69, 9.17) is 16.7 Å². The number of thiophene rings is 1. The van der Waals surface area contributed by atoms with Gasteiger partial charge in [-0.3, -0.25) is 0 Å². The maximum atomic E-state index is 12.7. The van der Waals surface area contributed by atoms with E-state index in [-0.39, 0.29) is 18.4 Å². The van der Waals surface area contributed by atoms with E-state index in [0.717, 1.165) is 11.3 Å². The molecule has 1 N–H and O–H groups in total. The maximum Gasteiger partial charge on any atom is 0.255 e. The zero-order chi connectivity index (χ0) is 14.7. The van der Waals surface area contributed by atoms with E-state index in [1.54, 1.807) is 0 Å². The highest BCUT2D eigenvalue weighted by Crippen LogP contribution is 2.32. The van der Waals surface area contributed by atoms with Gasteiger partial charge in [0.05, 0.1) is 18.5 Å². The molecule has 0 saturated carbocycles. The largest absolute Gasteiger partial charge is 0.395 e. The Hall–Kier alpha value is -1.05. The summed E-state index contributed by atoms with van der Waals surface area (Å²) in [7, 11) is 0. The summed E-state index contributed by atoms with van der Waals surface area (Å²) in [6.45, 7) is 1.34. The molecule has 2 rings (SSSR count). The molecule has 0 atom stereocenters. The van der Waals surface area contributed by atoms with Gasteiger partial charge in [0.1, 0.15) is 10.6 Å². The predicted molar refractivity (Wildman–Crippen MR) is 77.1 cm³/mol. The van der Waals surface area contributed by atoms with Gasteiger partial charge in [0.25, 0.3) is 6.43 Å². The van der Waals surface area contributed by atoms with Crippen molar-refractivity contribution >= 4 is 39.0 Å². The Morgan fingerprint density at radius 2 is 2.20 bits per heavy atom. The number of alkyl halides is 2. The lowest BCUT2D eigenvalue weighted by Gasteiger charge is -2.22. The summed E-state index contributed by atoms with van der Waals surface area (Å²) in [5, 5.41) is 9.77. The average molecular weight is 322 g/mol. The number of rotatable bonds is 6. The second-order valence-electron chi connectivity index (χ2n) is 4.16. The van der Waals surface area contributed by atoms with Gasteiger partial charge in [-0.15, -0.1) is 11.3 Å². The van der Waals surface area contributed by atoms with E-state index >= 15 is 0 Å². The Bertz CT molecular complexity index is 593. The molecular formula is C12H14ClF2N3OS. The number of aryl methyl sites for hydroxylation is 1. The second kappa shape index (κ2) is 6.60. The normalized spacial score (nSPS) is 11.5. The van der Waals surface area contributed by atoms with E-state index in [2.05, 4.69) is 9.97 Å². The molecule has 0 saturated heterocycles. The van der Waals surface area contributed by atoms with E-state index in [0.29, 0.717) is 16.0 Å². The Labute approximate surface area is 124 Å². The van der Waals surface area contributed by atoms with Gasteiger partial charge in [0.15, 0.2) is 0 Å². The summed E-state index contributed by atoms with van der Waals surface area (Å²) in [5.74, 6) is 0.352. The van der Waals surface area contributed by atoms with Crippen molar-refractivity contribution in [2.24, 2.45) is 0 Å². The van der Waals surface area contributed by atoms with Gasteiger partial charge in [-0.2, -0.15) is 4.98 Å². The van der Waals surface area contributed by atoms with Crippen molar-refractivity contribution in [1.29, 1.82) is 0 Å². The first-order chi connectivity index (χ1) is 9.55. The van der Waals surface area contributed by atoms with Crippen LogP contribution < -0.4 is 4.90 Å². The molecule has 2 aromatic rings. The minimum Gasteiger partial charge on any atom is -0.395 e. The Morgan fingerprint density at radius 3 is 2.80 bits per heavy atom. The molecule has 0 aliphatic carbocycles. The number of aliphatic hydroxyl groups excluding tert-OH is 1. The van der Waals surface area contributed by atoms with Gasteiger partial charge in [0.2, 0.25) is 5.28 Å². The van der Waals surface area contributed by atoms with Crippen LogP contribution in [0.5, 0.6) is 0 Å². The molecular weight excluding hydrogens is 308 g/mol.